The lowest BCUT2D eigenvalue weighted by molar-refractivity contribution is 0.0945. The molecule has 1 aromatic carbocycles. The normalized spacial score (nSPS) is 12.2. The van der Waals surface area contributed by atoms with E-state index in [0.29, 0.717) is 18.0 Å². The molecule has 102 valence electrons. The zero-order valence-electron chi connectivity index (χ0n) is 10.5. The highest BCUT2D eigenvalue weighted by Gasteiger charge is 2.14. The van der Waals surface area contributed by atoms with Crippen molar-refractivity contribution < 1.29 is 14.3 Å². The molecule has 1 amide bonds. The molecule has 3 rings (SSSR count). The van der Waals surface area contributed by atoms with E-state index < -0.39 is 0 Å². The van der Waals surface area contributed by atoms with Crippen LogP contribution in [0.5, 0.6) is 11.5 Å². The Bertz CT molecular complexity index is 660. The third kappa shape index (κ3) is 2.46. The Morgan fingerprint density at radius 2 is 2.15 bits per heavy atom. The maximum atomic E-state index is 11.9. The van der Waals surface area contributed by atoms with E-state index >= 15 is 0 Å². The second-order valence-corrected chi connectivity index (χ2v) is 4.20. The summed E-state index contributed by atoms with van der Waals surface area (Å²) in [4.78, 5) is 19.6. The maximum Gasteiger partial charge on any atom is 0.271 e. The molecule has 0 unspecified atom stereocenters. The Labute approximate surface area is 114 Å². The van der Waals surface area contributed by atoms with E-state index in [2.05, 4.69) is 15.3 Å². The average Bonchev–Trinajstić information content (AvgIpc) is 2.92. The van der Waals surface area contributed by atoms with Gasteiger partial charge in [-0.25, -0.2) is 4.98 Å². The molecular weight excluding hydrogens is 260 g/mol. The summed E-state index contributed by atoms with van der Waals surface area (Å²) in [5.74, 6) is 1.27. The molecule has 0 radical (unpaired) electrons. The molecule has 3 N–H and O–H groups in total. The van der Waals surface area contributed by atoms with Gasteiger partial charge in [-0.1, -0.05) is 6.07 Å². The fraction of sp³-hybridized carbons (Fsp3) is 0.154. The molecule has 0 saturated heterocycles. The van der Waals surface area contributed by atoms with Crippen LogP contribution >= 0.6 is 0 Å². The van der Waals surface area contributed by atoms with Crippen molar-refractivity contribution in [1.29, 1.82) is 0 Å². The first-order valence-electron chi connectivity index (χ1n) is 5.96. The van der Waals surface area contributed by atoms with E-state index in [9.17, 15) is 4.79 Å². The van der Waals surface area contributed by atoms with Crippen LogP contribution in [0.3, 0.4) is 0 Å². The fourth-order valence-corrected chi connectivity index (χ4v) is 1.81. The van der Waals surface area contributed by atoms with Crippen LogP contribution in [0.1, 0.15) is 16.1 Å². The lowest BCUT2D eigenvalue weighted by Gasteiger charge is -2.06. The van der Waals surface area contributed by atoms with Crippen LogP contribution in [0, 0.1) is 0 Å². The van der Waals surface area contributed by atoms with Gasteiger partial charge in [0.2, 0.25) is 6.79 Å². The fourth-order valence-electron chi connectivity index (χ4n) is 1.81. The summed E-state index contributed by atoms with van der Waals surface area (Å²) in [6.07, 6.45) is 2.75. The highest BCUT2D eigenvalue weighted by atomic mass is 16.7. The molecule has 20 heavy (non-hydrogen) atoms. The number of carbonyl (C=O) groups excluding carboxylic acids is 1. The lowest BCUT2D eigenvalue weighted by Crippen LogP contribution is -2.24. The van der Waals surface area contributed by atoms with Crippen molar-refractivity contribution in [2.24, 2.45) is 0 Å². The molecule has 1 aliphatic rings. The van der Waals surface area contributed by atoms with E-state index in [0.717, 1.165) is 5.56 Å². The number of aromatic nitrogens is 2. The van der Waals surface area contributed by atoms with Crippen LogP contribution in [-0.4, -0.2) is 22.7 Å². The molecule has 0 bridgehead atoms. The third-order valence-electron chi connectivity index (χ3n) is 2.78. The predicted octanol–water partition coefficient (Wildman–Crippen LogP) is 0.717. The molecule has 0 aliphatic carbocycles. The standard InChI is InChI=1S/C13H12N4O3/c14-12-6-15-5-9(17-12)13(18)16-4-8-1-2-10-11(3-8)20-7-19-10/h1-3,5-6H,4,7H2,(H2,14,17)(H,16,18). The highest BCUT2D eigenvalue weighted by molar-refractivity contribution is 5.92. The van der Waals surface area contributed by atoms with E-state index in [1.54, 1.807) is 0 Å². The number of hydrogen-bond acceptors (Lipinski definition) is 6. The monoisotopic (exact) mass is 272 g/mol. The van der Waals surface area contributed by atoms with Gasteiger partial charge in [0.1, 0.15) is 11.5 Å². The van der Waals surface area contributed by atoms with Crippen LogP contribution in [-0.2, 0) is 6.54 Å². The number of amides is 1. The molecule has 0 fully saturated rings. The molecule has 2 heterocycles. The number of carbonyl (C=O) groups is 1. The van der Waals surface area contributed by atoms with Gasteiger partial charge in [0.25, 0.3) is 5.91 Å². The summed E-state index contributed by atoms with van der Waals surface area (Å²) in [6.45, 7) is 0.579. The van der Waals surface area contributed by atoms with Crippen LogP contribution in [0.25, 0.3) is 0 Å². The number of fused-ring (bicyclic) bond motifs is 1. The highest BCUT2D eigenvalue weighted by Crippen LogP contribution is 2.32. The number of nitrogens with one attached hydrogen (secondary N) is 1. The van der Waals surface area contributed by atoms with Crippen molar-refractivity contribution >= 4 is 11.7 Å². The number of benzene rings is 1. The van der Waals surface area contributed by atoms with Crippen molar-refractivity contribution in [3.63, 3.8) is 0 Å². The summed E-state index contributed by atoms with van der Waals surface area (Å²) >= 11 is 0. The van der Waals surface area contributed by atoms with Gasteiger partial charge in [0, 0.05) is 6.54 Å². The zero-order chi connectivity index (χ0) is 13.9. The molecule has 1 aromatic heterocycles. The maximum absolute atomic E-state index is 11.9. The molecular formula is C13H12N4O3. The number of anilines is 1. The van der Waals surface area contributed by atoms with Crippen LogP contribution < -0.4 is 20.5 Å². The third-order valence-corrected chi connectivity index (χ3v) is 2.78. The minimum absolute atomic E-state index is 0.186. The molecule has 0 spiro atoms. The van der Waals surface area contributed by atoms with Gasteiger partial charge in [-0.2, -0.15) is 0 Å². The summed E-state index contributed by atoms with van der Waals surface area (Å²) < 4.78 is 10.5. The van der Waals surface area contributed by atoms with Crippen LogP contribution in [0.4, 0.5) is 5.82 Å². The number of nitrogens with two attached hydrogens (primary N) is 1. The summed E-state index contributed by atoms with van der Waals surface area (Å²) in [5, 5.41) is 2.74. The van der Waals surface area contributed by atoms with Crippen molar-refractivity contribution in [2.45, 2.75) is 6.54 Å². The summed E-state index contributed by atoms with van der Waals surface area (Å²) in [6, 6.07) is 5.50. The molecule has 2 aromatic rings. The van der Waals surface area contributed by atoms with E-state index in [1.807, 2.05) is 18.2 Å². The first-order valence-corrected chi connectivity index (χ1v) is 5.96. The van der Waals surface area contributed by atoms with Crippen molar-refractivity contribution in [3.05, 3.63) is 41.9 Å². The predicted molar refractivity (Wildman–Crippen MR) is 70.2 cm³/mol. The van der Waals surface area contributed by atoms with Gasteiger partial charge in [-0.05, 0) is 17.7 Å². The Morgan fingerprint density at radius 3 is 3.00 bits per heavy atom. The minimum atomic E-state index is -0.331. The van der Waals surface area contributed by atoms with Crippen molar-refractivity contribution in [3.8, 4) is 11.5 Å². The zero-order valence-corrected chi connectivity index (χ0v) is 10.5. The Kier molecular flexibility index (Phi) is 3.08. The molecule has 0 atom stereocenters. The smallest absolute Gasteiger partial charge is 0.271 e. The lowest BCUT2D eigenvalue weighted by atomic mass is 10.2. The van der Waals surface area contributed by atoms with Gasteiger partial charge in [0.15, 0.2) is 11.5 Å². The van der Waals surface area contributed by atoms with Gasteiger partial charge in [-0.15, -0.1) is 0 Å². The second kappa shape index (κ2) is 5.04. The Balaban J connectivity index is 1.66. The molecule has 1 aliphatic heterocycles. The topological polar surface area (TPSA) is 99.4 Å². The quantitative estimate of drug-likeness (QED) is 0.854. The largest absolute Gasteiger partial charge is 0.454 e. The number of hydrogen-bond donors (Lipinski definition) is 2. The first kappa shape index (κ1) is 12.2. The van der Waals surface area contributed by atoms with Crippen molar-refractivity contribution in [1.82, 2.24) is 15.3 Å². The first-order chi connectivity index (χ1) is 9.72. The number of nitrogens with zero attached hydrogens (tertiary/aromatic N) is 2. The molecule has 0 saturated carbocycles. The van der Waals surface area contributed by atoms with Gasteiger partial charge in [-0.3, -0.25) is 9.78 Å². The van der Waals surface area contributed by atoms with Gasteiger partial charge < -0.3 is 20.5 Å². The minimum Gasteiger partial charge on any atom is -0.454 e. The van der Waals surface area contributed by atoms with Crippen molar-refractivity contribution in [2.75, 3.05) is 12.5 Å². The molecule has 7 heteroatoms. The van der Waals surface area contributed by atoms with Crippen LogP contribution in [0.15, 0.2) is 30.6 Å². The van der Waals surface area contributed by atoms with Crippen LogP contribution in [0.2, 0.25) is 0 Å². The summed E-state index contributed by atoms with van der Waals surface area (Å²) in [5.41, 5.74) is 6.57. The average molecular weight is 272 g/mol. The number of rotatable bonds is 3. The van der Waals surface area contributed by atoms with E-state index in [-0.39, 0.29) is 24.2 Å². The SMILES string of the molecule is Nc1cncc(C(=O)NCc2ccc3c(c2)OCO3)n1. The molecule has 7 nitrogen and oxygen atoms in total. The van der Waals surface area contributed by atoms with Gasteiger partial charge >= 0.3 is 0 Å². The van der Waals surface area contributed by atoms with E-state index in [4.69, 9.17) is 15.2 Å². The van der Waals surface area contributed by atoms with Gasteiger partial charge in [0.05, 0.1) is 12.4 Å². The number of ether oxygens (including phenoxy) is 2. The Morgan fingerprint density at radius 1 is 1.30 bits per heavy atom. The van der Waals surface area contributed by atoms with E-state index in [1.165, 1.54) is 12.4 Å². The summed E-state index contributed by atoms with van der Waals surface area (Å²) in [7, 11) is 0. The second-order valence-electron chi connectivity index (χ2n) is 4.20. The number of nitrogen functional groups attached to an aromatic ring is 1. The Hall–Kier alpha value is -2.83.